The molecule has 0 aliphatic carbocycles. The van der Waals surface area contributed by atoms with Gasteiger partial charge in [0.1, 0.15) is 19.3 Å². The van der Waals surface area contributed by atoms with Gasteiger partial charge in [-0.3, -0.25) is 37.3 Å². The first-order chi connectivity index (χ1) is 49.6. The van der Waals surface area contributed by atoms with Crippen molar-refractivity contribution < 1.29 is 80.2 Å². The van der Waals surface area contributed by atoms with Gasteiger partial charge < -0.3 is 33.8 Å². The van der Waals surface area contributed by atoms with E-state index in [9.17, 15) is 43.2 Å². The molecule has 102 heavy (non-hydrogen) atoms. The second-order valence-corrected chi connectivity index (χ2v) is 32.3. The predicted octanol–water partition coefficient (Wildman–Crippen LogP) is 24.8. The molecule has 0 fully saturated rings. The number of rotatable bonds is 81. The van der Waals surface area contributed by atoms with Crippen molar-refractivity contribution >= 4 is 39.5 Å². The lowest BCUT2D eigenvalue weighted by Gasteiger charge is -2.21. The number of carbonyl (C=O) groups is 4. The van der Waals surface area contributed by atoms with Gasteiger partial charge in [-0.2, -0.15) is 0 Å². The van der Waals surface area contributed by atoms with Crippen molar-refractivity contribution in [3.05, 3.63) is 24.3 Å². The minimum atomic E-state index is -4.97. The van der Waals surface area contributed by atoms with Crippen LogP contribution >= 0.6 is 15.6 Å². The molecule has 0 amide bonds. The van der Waals surface area contributed by atoms with E-state index >= 15 is 0 Å². The van der Waals surface area contributed by atoms with Gasteiger partial charge in [-0.1, -0.05) is 367 Å². The highest BCUT2D eigenvalue weighted by Gasteiger charge is 2.30. The van der Waals surface area contributed by atoms with E-state index in [0.717, 1.165) is 109 Å². The van der Waals surface area contributed by atoms with Gasteiger partial charge in [-0.05, 0) is 57.3 Å². The maximum atomic E-state index is 13.1. The summed E-state index contributed by atoms with van der Waals surface area (Å²) in [7, 11) is -9.93. The molecule has 602 valence electrons. The Balaban J connectivity index is 5.28. The van der Waals surface area contributed by atoms with Crippen molar-refractivity contribution in [3.8, 4) is 0 Å². The maximum absolute atomic E-state index is 13.1. The van der Waals surface area contributed by atoms with Crippen LogP contribution in [0.4, 0.5) is 0 Å². The number of hydrogen-bond acceptors (Lipinski definition) is 15. The zero-order valence-corrected chi connectivity index (χ0v) is 68.0. The van der Waals surface area contributed by atoms with E-state index in [4.69, 9.17) is 37.0 Å². The van der Waals surface area contributed by atoms with E-state index in [1.54, 1.807) is 0 Å². The zero-order valence-electron chi connectivity index (χ0n) is 66.2. The molecule has 0 radical (unpaired) electrons. The molecular weight excluding hydrogens is 1330 g/mol. The van der Waals surface area contributed by atoms with E-state index in [0.29, 0.717) is 25.7 Å². The summed E-state index contributed by atoms with van der Waals surface area (Å²) in [5.74, 6) is -1.29. The molecule has 0 saturated carbocycles. The molecular formula is C83H158O17P2. The van der Waals surface area contributed by atoms with Crippen LogP contribution in [0.2, 0.25) is 0 Å². The number of phosphoric ester groups is 2. The molecule has 19 heteroatoms. The molecule has 0 bridgehead atoms. The first-order valence-corrected chi connectivity index (χ1v) is 45.5. The number of aliphatic hydroxyl groups excluding tert-OH is 1. The third kappa shape index (κ3) is 74.4. The van der Waals surface area contributed by atoms with Crippen molar-refractivity contribution in [2.24, 2.45) is 5.92 Å². The number of aliphatic hydroxyl groups is 1. The van der Waals surface area contributed by atoms with Crippen LogP contribution < -0.4 is 0 Å². The number of esters is 4. The molecule has 0 rings (SSSR count). The molecule has 0 aliphatic heterocycles. The van der Waals surface area contributed by atoms with Crippen LogP contribution in [0.3, 0.4) is 0 Å². The average molecular weight is 1490 g/mol. The van der Waals surface area contributed by atoms with E-state index in [1.165, 1.54) is 231 Å². The Bertz CT molecular complexity index is 2040. The van der Waals surface area contributed by atoms with Crippen LogP contribution in [0.5, 0.6) is 0 Å². The maximum Gasteiger partial charge on any atom is 0.472 e. The Morgan fingerprint density at radius 2 is 0.549 bits per heavy atom. The summed E-state index contributed by atoms with van der Waals surface area (Å²) in [5.41, 5.74) is 0. The molecule has 0 saturated heterocycles. The van der Waals surface area contributed by atoms with Crippen LogP contribution in [-0.2, 0) is 65.4 Å². The highest BCUT2D eigenvalue weighted by molar-refractivity contribution is 7.47. The molecule has 17 nitrogen and oxygen atoms in total. The summed E-state index contributed by atoms with van der Waals surface area (Å²) >= 11 is 0. The number of allylic oxidation sites excluding steroid dienone is 4. The topological polar surface area (TPSA) is 237 Å². The Hall–Kier alpha value is -2.46. The standard InChI is InChI=1S/C83H158O17P2/c1-6-10-13-16-19-22-25-27-29-30-31-33-37-42-47-52-57-62-67-81(86)94-73-79(100-83(88)69-64-59-54-49-44-39-35-34-36-41-45-50-55-60-65-76(5)9-4)75-98-102(91,92)96-71-77(84)70-95-101(89,90)97-74-78(72-93-80(85)66-61-56-51-46-40-24-21-18-15-12-8-3)99-82(87)68-63-58-53-48-43-38-32-28-26-23-20-17-14-11-7-2/h23,26,28,32,76-79,84H,6-22,24-25,27,29-31,33-75H2,1-5H3,(H,89,90)(H,91,92)/b26-23-,32-28-/t76?,77-,78+,79+/m0/s1. The molecule has 0 aromatic heterocycles. The van der Waals surface area contributed by atoms with Gasteiger partial charge in [0.15, 0.2) is 12.2 Å². The Morgan fingerprint density at radius 3 is 0.833 bits per heavy atom. The first-order valence-electron chi connectivity index (χ1n) is 42.5. The molecule has 0 heterocycles. The summed E-state index contributed by atoms with van der Waals surface area (Å²) in [5, 5.41) is 10.7. The van der Waals surface area contributed by atoms with Crippen molar-refractivity contribution in [3.63, 3.8) is 0 Å². The molecule has 0 aliphatic rings. The molecule has 3 N–H and O–H groups in total. The Labute approximate surface area is 624 Å². The van der Waals surface area contributed by atoms with Gasteiger partial charge in [0.25, 0.3) is 0 Å². The van der Waals surface area contributed by atoms with E-state index in [-0.39, 0.29) is 25.7 Å². The van der Waals surface area contributed by atoms with E-state index in [2.05, 4.69) is 58.9 Å². The average Bonchev–Trinajstić information content (AvgIpc) is 0.965. The first kappa shape index (κ1) is 99.5. The number of phosphoric acid groups is 2. The fourth-order valence-electron chi connectivity index (χ4n) is 12.4. The summed E-state index contributed by atoms with van der Waals surface area (Å²) < 4.78 is 68.7. The molecule has 0 aromatic carbocycles. The highest BCUT2D eigenvalue weighted by Crippen LogP contribution is 2.45. The highest BCUT2D eigenvalue weighted by atomic mass is 31.2. The van der Waals surface area contributed by atoms with Crippen LogP contribution in [0.15, 0.2) is 24.3 Å². The zero-order chi connectivity index (χ0) is 74.8. The normalized spacial score (nSPS) is 14.2. The van der Waals surface area contributed by atoms with Crippen LogP contribution in [0, 0.1) is 5.92 Å². The van der Waals surface area contributed by atoms with Crippen molar-refractivity contribution in [1.82, 2.24) is 0 Å². The molecule has 0 spiro atoms. The minimum Gasteiger partial charge on any atom is -0.462 e. The van der Waals surface area contributed by atoms with Gasteiger partial charge >= 0.3 is 39.5 Å². The fraction of sp³-hybridized carbons (Fsp3) is 0.904. The third-order valence-corrected chi connectivity index (χ3v) is 21.2. The van der Waals surface area contributed by atoms with Gasteiger partial charge in [0.2, 0.25) is 0 Å². The van der Waals surface area contributed by atoms with Crippen molar-refractivity contribution in [2.45, 2.75) is 438 Å². The van der Waals surface area contributed by atoms with E-state index in [1.807, 2.05) is 0 Å². The number of unbranched alkanes of at least 4 members (excludes halogenated alkanes) is 49. The summed E-state index contributed by atoms with van der Waals surface area (Å²) in [6, 6.07) is 0. The van der Waals surface area contributed by atoms with Crippen molar-refractivity contribution in [1.29, 1.82) is 0 Å². The third-order valence-electron chi connectivity index (χ3n) is 19.3. The molecule has 6 atom stereocenters. The Kier molecular flexibility index (Phi) is 73.5. The van der Waals surface area contributed by atoms with Gasteiger partial charge in [0.05, 0.1) is 26.4 Å². The number of hydrogen-bond donors (Lipinski definition) is 3. The van der Waals surface area contributed by atoms with Crippen LogP contribution in [-0.4, -0.2) is 96.7 Å². The second-order valence-electron chi connectivity index (χ2n) is 29.4. The fourth-order valence-corrected chi connectivity index (χ4v) is 13.9. The minimum absolute atomic E-state index is 0.0857. The van der Waals surface area contributed by atoms with Crippen LogP contribution in [0.25, 0.3) is 0 Å². The summed E-state index contributed by atoms with van der Waals surface area (Å²) in [6.45, 7) is 7.33. The molecule has 0 aromatic rings. The smallest absolute Gasteiger partial charge is 0.462 e. The monoisotopic (exact) mass is 1490 g/mol. The summed E-state index contributed by atoms with van der Waals surface area (Å²) in [4.78, 5) is 73.1. The van der Waals surface area contributed by atoms with Crippen molar-refractivity contribution in [2.75, 3.05) is 39.6 Å². The number of carbonyl (C=O) groups excluding carboxylic acids is 4. The second kappa shape index (κ2) is 75.4. The van der Waals surface area contributed by atoms with Gasteiger partial charge in [-0.25, -0.2) is 9.13 Å². The molecule has 3 unspecified atom stereocenters. The lowest BCUT2D eigenvalue weighted by atomic mass is 9.99. The lowest BCUT2D eigenvalue weighted by molar-refractivity contribution is -0.161. The SMILES string of the molecule is CCCCCC/C=C\C=C/CCCCCCCC(=O)O[C@H](COC(=O)CCCCCCCCCCCCC)COP(=O)(O)OC[C@H](O)COP(=O)(O)OC[C@@H](COC(=O)CCCCCCCCCCCCCCCCCCCC)OC(=O)CCCCCCCCCCCCCCCCC(C)CC. The quantitative estimate of drug-likeness (QED) is 0.0169. The Morgan fingerprint density at radius 1 is 0.314 bits per heavy atom. The number of ether oxygens (including phenoxy) is 4. The van der Waals surface area contributed by atoms with Crippen LogP contribution in [0.1, 0.15) is 420 Å². The van der Waals surface area contributed by atoms with E-state index < -0.39 is 97.5 Å². The lowest BCUT2D eigenvalue weighted by Crippen LogP contribution is -2.30. The largest absolute Gasteiger partial charge is 0.472 e. The van der Waals surface area contributed by atoms with Gasteiger partial charge in [0, 0.05) is 25.7 Å². The summed E-state index contributed by atoms with van der Waals surface area (Å²) in [6.07, 6.45) is 70.0. The predicted molar refractivity (Wildman–Crippen MR) is 418 cm³/mol. The van der Waals surface area contributed by atoms with Gasteiger partial charge in [-0.15, -0.1) is 0 Å².